The lowest BCUT2D eigenvalue weighted by Gasteiger charge is -2.34. The lowest BCUT2D eigenvalue weighted by atomic mass is 9.96. The number of methoxy groups -OCH3 is 1. The highest BCUT2D eigenvalue weighted by Gasteiger charge is 2.27. The Balaban J connectivity index is 1.77. The maximum absolute atomic E-state index is 5.38. The molecule has 2 aromatic heterocycles. The number of nitrogens with zero attached hydrogens (tertiary/aromatic N) is 4. The lowest BCUT2D eigenvalue weighted by Crippen LogP contribution is -2.26. The van der Waals surface area contributed by atoms with Crippen LogP contribution in [0.15, 0.2) is 97.6 Å². The third kappa shape index (κ3) is 3.59. The van der Waals surface area contributed by atoms with Gasteiger partial charge in [0.15, 0.2) is 17.0 Å². The number of nitrogens with one attached hydrogen (secondary N) is 1. The molecule has 31 heavy (non-hydrogen) atoms. The molecule has 3 aromatic carbocycles. The molecule has 0 amide bonds. The number of aromatic nitrogens is 4. The zero-order chi connectivity index (χ0) is 21.0. The van der Waals surface area contributed by atoms with Gasteiger partial charge in [-0.3, -0.25) is 0 Å². The van der Waals surface area contributed by atoms with Gasteiger partial charge in [0.1, 0.15) is 12.1 Å². The minimum Gasteiger partial charge on any atom is -0.497 e. The number of ether oxygens (including phenoxy) is 1. The third-order valence-electron chi connectivity index (χ3n) is 5.27. The molecule has 0 unspecified atom stereocenters. The van der Waals surface area contributed by atoms with Crippen LogP contribution in [0.2, 0.25) is 0 Å². The van der Waals surface area contributed by atoms with Crippen molar-refractivity contribution in [3.63, 3.8) is 0 Å². The summed E-state index contributed by atoms with van der Waals surface area (Å²) in [6.07, 6.45) is 3.22. The van der Waals surface area contributed by atoms with Gasteiger partial charge in [0, 0.05) is 5.69 Å². The molecule has 2 heterocycles. The van der Waals surface area contributed by atoms with Gasteiger partial charge in [-0.2, -0.15) is 0 Å². The molecule has 5 rings (SSSR count). The molecule has 6 nitrogen and oxygen atoms in total. The molecule has 0 fully saturated rings. The summed E-state index contributed by atoms with van der Waals surface area (Å²) in [7, 11) is 1.67. The summed E-state index contributed by atoms with van der Waals surface area (Å²) < 4.78 is 5.38. The lowest BCUT2D eigenvalue weighted by molar-refractivity contribution is 0.415. The predicted octanol–water partition coefficient (Wildman–Crippen LogP) is 5.29. The van der Waals surface area contributed by atoms with E-state index < -0.39 is 0 Å². The summed E-state index contributed by atoms with van der Waals surface area (Å²) in [5, 5.41) is 0. The second-order valence-electron chi connectivity index (χ2n) is 7.09. The number of anilines is 2. The van der Waals surface area contributed by atoms with Crippen molar-refractivity contribution in [2.24, 2.45) is 0 Å². The van der Waals surface area contributed by atoms with E-state index in [1.54, 1.807) is 19.8 Å². The van der Waals surface area contributed by atoms with Crippen molar-refractivity contribution in [2.75, 3.05) is 12.0 Å². The Hall–Kier alpha value is -4.19. The van der Waals surface area contributed by atoms with Gasteiger partial charge in [-0.05, 0) is 35.4 Å². The van der Waals surface area contributed by atoms with Crippen LogP contribution in [-0.4, -0.2) is 27.0 Å². The molecule has 1 N–H and O–H groups in total. The molecule has 152 valence electrons. The number of aromatic amines is 1. The van der Waals surface area contributed by atoms with Gasteiger partial charge in [0.2, 0.25) is 0 Å². The van der Waals surface area contributed by atoms with E-state index >= 15 is 0 Å². The molecular weight excluding hydrogens is 386 g/mol. The van der Waals surface area contributed by atoms with E-state index in [4.69, 9.17) is 4.74 Å². The van der Waals surface area contributed by atoms with E-state index in [-0.39, 0.29) is 6.04 Å². The van der Waals surface area contributed by atoms with Gasteiger partial charge >= 0.3 is 0 Å². The van der Waals surface area contributed by atoms with Crippen LogP contribution < -0.4 is 9.64 Å². The number of hydrogen-bond donors (Lipinski definition) is 1. The summed E-state index contributed by atoms with van der Waals surface area (Å²) in [6.45, 7) is 0. The number of benzene rings is 3. The van der Waals surface area contributed by atoms with Crippen LogP contribution in [0.4, 0.5) is 11.5 Å². The molecular formula is C25H21N5O. The highest BCUT2D eigenvalue weighted by atomic mass is 16.5. The van der Waals surface area contributed by atoms with Gasteiger partial charge in [0.25, 0.3) is 0 Å². The highest BCUT2D eigenvalue weighted by molar-refractivity contribution is 5.86. The smallest absolute Gasteiger partial charge is 0.165 e. The fraction of sp³-hybridized carbons (Fsp3) is 0.0800. The number of fused-ring (bicyclic) bond motifs is 1. The third-order valence-corrected chi connectivity index (χ3v) is 5.27. The molecule has 0 atom stereocenters. The second-order valence-corrected chi connectivity index (χ2v) is 7.09. The Morgan fingerprint density at radius 1 is 0.774 bits per heavy atom. The summed E-state index contributed by atoms with van der Waals surface area (Å²) in [5.41, 5.74) is 4.68. The number of imidazole rings is 1. The van der Waals surface area contributed by atoms with E-state index in [2.05, 4.69) is 73.4 Å². The average Bonchev–Trinajstić information content (AvgIpc) is 3.33. The fourth-order valence-corrected chi connectivity index (χ4v) is 3.83. The maximum Gasteiger partial charge on any atom is 0.165 e. The van der Waals surface area contributed by atoms with Crippen LogP contribution >= 0.6 is 0 Å². The standard InChI is InChI=1S/C25H21N5O/c1-31-21-14-12-20(13-15-21)30(25-22-24(27-16-26-22)28-17-29-25)23(18-8-4-2-5-9-18)19-10-6-3-7-11-19/h2-17,23H,1H3,(H,26,27,28,29). The van der Waals surface area contributed by atoms with Gasteiger partial charge in [-0.25, -0.2) is 15.0 Å². The quantitative estimate of drug-likeness (QED) is 0.414. The number of hydrogen-bond acceptors (Lipinski definition) is 5. The van der Waals surface area contributed by atoms with Crippen molar-refractivity contribution in [2.45, 2.75) is 6.04 Å². The topological polar surface area (TPSA) is 66.9 Å². The zero-order valence-electron chi connectivity index (χ0n) is 17.0. The van der Waals surface area contributed by atoms with E-state index in [9.17, 15) is 0 Å². The predicted molar refractivity (Wildman–Crippen MR) is 122 cm³/mol. The van der Waals surface area contributed by atoms with Crippen LogP contribution in [-0.2, 0) is 0 Å². The SMILES string of the molecule is COc1ccc(N(c2ncnc3[nH]cnc23)C(c2ccccc2)c2ccccc2)cc1. The minimum atomic E-state index is -0.120. The van der Waals surface area contributed by atoms with Crippen LogP contribution in [0.5, 0.6) is 5.75 Å². The molecule has 0 spiro atoms. The molecule has 6 heteroatoms. The first-order valence-electron chi connectivity index (χ1n) is 10.0. The Kier molecular flexibility index (Phi) is 5.02. The molecule has 0 radical (unpaired) electrons. The van der Waals surface area contributed by atoms with Crippen molar-refractivity contribution in [3.05, 3.63) is 109 Å². The van der Waals surface area contributed by atoms with Gasteiger partial charge in [0.05, 0.1) is 19.5 Å². The fourth-order valence-electron chi connectivity index (χ4n) is 3.83. The summed E-state index contributed by atoms with van der Waals surface area (Å²) in [5.74, 6) is 1.53. The second kappa shape index (κ2) is 8.28. The molecule has 0 saturated heterocycles. The van der Waals surface area contributed by atoms with Crippen LogP contribution in [0.25, 0.3) is 11.2 Å². The van der Waals surface area contributed by atoms with Crippen molar-refractivity contribution in [3.8, 4) is 5.75 Å². The Bertz CT molecular complexity index is 1230. The highest BCUT2D eigenvalue weighted by Crippen LogP contribution is 2.40. The Labute approximate surface area is 180 Å². The number of rotatable bonds is 6. The molecule has 0 aliphatic rings. The molecule has 0 bridgehead atoms. The zero-order valence-corrected chi connectivity index (χ0v) is 17.0. The Morgan fingerprint density at radius 2 is 1.42 bits per heavy atom. The van der Waals surface area contributed by atoms with Gasteiger partial charge in [-0.1, -0.05) is 60.7 Å². The summed E-state index contributed by atoms with van der Waals surface area (Å²) in [6, 6.07) is 28.7. The average molecular weight is 407 g/mol. The molecule has 0 aliphatic heterocycles. The molecule has 0 aliphatic carbocycles. The van der Waals surface area contributed by atoms with E-state index in [1.165, 1.54) is 0 Å². The molecule has 5 aromatic rings. The first kappa shape index (κ1) is 18.8. The van der Waals surface area contributed by atoms with E-state index in [1.807, 2.05) is 36.4 Å². The van der Waals surface area contributed by atoms with Crippen molar-refractivity contribution in [1.29, 1.82) is 0 Å². The van der Waals surface area contributed by atoms with Crippen LogP contribution in [0, 0.1) is 0 Å². The van der Waals surface area contributed by atoms with Crippen molar-refractivity contribution in [1.82, 2.24) is 19.9 Å². The first-order chi connectivity index (χ1) is 15.3. The largest absolute Gasteiger partial charge is 0.497 e. The van der Waals surface area contributed by atoms with Crippen LogP contribution in [0.3, 0.4) is 0 Å². The number of H-pyrrole nitrogens is 1. The van der Waals surface area contributed by atoms with Crippen molar-refractivity contribution >= 4 is 22.7 Å². The maximum atomic E-state index is 5.38. The van der Waals surface area contributed by atoms with Gasteiger partial charge < -0.3 is 14.6 Å². The first-order valence-corrected chi connectivity index (χ1v) is 10.0. The molecule has 0 saturated carbocycles. The summed E-state index contributed by atoms with van der Waals surface area (Å²) >= 11 is 0. The summed E-state index contributed by atoms with van der Waals surface area (Å²) in [4.78, 5) is 18.8. The van der Waals surface area contributed by atoms with Crippen molar-refractivity contribution < 1.29 is 4.74 Å². The normalized spacial score (nSPS) is 11.0. The Morgan fingerprint density at radius 3 is 2.03 bits per heavy atom. The van der Waals surface area contributed by atoms with E-state index in [0.29, 0.717) is 5.65 Å². The van der Waals surface area contributed by atoms with E-state index in [0.717, 1.165) is 33.9 Å². The van der Waals surface area contributed by atoms with Gasteiger partial charge in [-0.15, -0.1) is 0 Å². The monoisotopic (exact) mass is 407 g/mol. The minimum absolute atomic E-state index is 0.120. The van der Waals surface area contributed by atoms with Crippen LogP contribution in [0.1, 0.15) is 17.2 Å².